The zero-order valence-electron chi connectivity index (χ0n) is 19.1. The number of nitrogens with zero attached hydrogens (tertiary/aromatic N) is 4. The fourth-order valence-corrected chi connectivity index (χ4v) is 3.97. The number of aromatic nitrogens is 3. The molecule has 4 aromatic rings. The van der Waals surface area contributed by atoms with Gasteiger partial charge in [0.25, 0.3) is 5.91 Å². The van der Waals surface area contributed by atoms with E-state index < -0.39 is 6.10 Å². The van der Waals surface area contributed by atoms with Crippen LogP contribution in [0, 0.1) is 13.8 Å². The minimum absolute atomic E-state index is 0.124. The first-order chi connectivity index (χ1) is 15.9. The van der Waals surface area contributed by atoms with Crippen LogP contribution >= 0.6 is 0 Å². The number of rotatable bonds is 4. The van der Waals surface area contributed by atoms with Gasteiger partial charge in [0, 0.05) is 43.1 Å². The van der Waals surface area contributed by atoms with E-state index in [0.717, 1.165) is 22.9 Å². The summed E-state index contributed by atoms with van der Waals surface area (Å²) in [5, 5.41) is 16.6. The van der Waals surface area contributed by atoms with E-state index in [2.05, 4.69) is 10.4 Å². The number of hydrogen-bond acceptors (Lipinski definition) is 6. The molecule has 0 saturated carbocycles. The fraction of sp³-hybridized carbons (Fsp3) is 0.292. The van der Waals surface area contributed by atoms with Gasteiger partial charge in [-0.3, -0.25) is 9.59 Å². The third-order valence-electron chi connectivity index (χ3n) is 5.59. The summed E-state index contributed by atoms with van der Waals surface area (Å²) < 4.78 is 9.60. The zero-order chi connectivity index (χ0) is 23.7. The van der Waals surface area contributed by atoms with E-state index in [9.17, 15) is 14.7 Å². The molecule has 0 spiro atoms. The number of carbonyl (C=O) groups is 2. The number of β-amino-alcohol motifs (C(OH)–C–C–N with tert-alkyl or cyclic N) is 1. The van der Waals surface area contributed by atoms with E-state index in [4.69, 9.17) is 4.74 Å². The lowest BCUT2D eigenvalue weighted by molar-refractivity contribution is 0.00585. The van der Waals surface area contributed by atoms with Crippen molar-refractivity contribution in [3.63, 3.8) is 0 Å². The molecule has 1 saturated heterocycles. The number of nitrogens with one attached hydrogen (secondary N) is 1. The number of amides is 1. The number of aliphatic hydroxyl groups excluding tert-OH is 1. The van der Waals surface area contributed by atoms with Crippen molar-refractivity contribution in [2.24, 2.45) is 0 Å². The van der Waals surface area contributed by atoms with E-state index in [1.165, 1.54) is 0 Å². The Morgan fingerprint density at radius 3 is 2.64 bits per heavy atom. The first kappa shape index (κ1) is 22.5. The maximum absolute atomic E-state index is 12.7. The summed E-state index contributed by atoms with van der Waals surface area (Å²) in [5.41, 5.74) is 4.39. The van der Waals surface area contributed by atoms with Crippen LogP contribution in [0.5, 0.6) is 11.5 Å². The summed E-state index contributed by atoms with van der Waals surface area (Å²) in [6.45, 7) is 4.45. The summed E-state index contributed by atoms with van der Waals surface area (Å²) in [4.78, 5) is 25.7. The number of carbonyl (C=O) groups excluding carboxylic acids is 2. The van der Waals surface area contributed by atoms with E-state index in [-0.39, 0.29) is 5.91 Å². The van der Waals surface area contributed by atoms with Crippen LogP contribution < -0.4 is 10.1 Å². The molecule has 9 nitrogen and oxygen atoms in total. The molecular formula is C24H27N5O4. The van der Waals surface area contributed by atoms with Crippen LogP contribution in [0.4, 0.5) is 0 Å². The van der Waals surface area contributed by atoms with Gasteiger partial charge in [-0.2, -0.15) is 5.10 Å². The second-order valence-corrected chi connectivity index (χ2v) is 8.11. The minimum atomic E-state index is -0.448. The average molecular weight is 450 g/mol. The largest absolute Gasteiger partial charge is 0.455 e. The van der Waals surface area contributed by atoms with Gasteiger partial charge < -0.3 is 24.5 Å². The van der Waals surface area contributed by atoms with Gasteiger partial charge in [-0.1, -0.05) is 0 Å². The van der Waals surface area contributed by atoms with Crippen molar-refractivity contribution in [1.29, 1.82) is 0 Å². The second kappa shape index (κ2) is 9.05. The number of aryl methyl sites for hydroxylation is 2. The Morgan fingerprint density at radius 2 is 1.97 bits per heavy atom. The molecular weight excluding hydrogens is 422 g/mol. The van der Waals surface area contributed by atoms with E-state index >= 15 is 0 Å². The molecule has 0 bridgehead atoms. The van der Waals surface area contributed by atoms with E-state index in [1.54, 1.807) is 40.1 Å². The van der Waals surface area contributed by atoms with Gasteiger partial charge in [0.05, 0.1) is 23.6 Å². The van der Waals surface area contributed by atoms with Crippen LogP contribution in [0.3, 0.4) is 0 Å². The first-order valence-electron chi connectivity index (χ1n) is 10.7. The highest BCUT2D eigenvalue weighted by Crippen LogP contribution is 2.32. The summed E-state index contributed by atoms with van der Waals surface area (Å²) >= 11 is 0. The molecule has 1 fully saturated rings. The molecule has 9 heteroatoms. The lowest BCUT2D eigenvalue weighted by Gasteiger charge is -2.35. The van der Waals surface area contributed by atoms with Crippen LogP contribution in [0.15, 0.2) is 42.9 Å². The highest BCUT2D eigenvalue weighted by atomic mass is 16.5. The molecule has 33 heavy (non-hydrogen) atoms. The lowest BCUT2D eigenvalue weighted by atomic mass is 10.1. The molecule has 1 aliphatic rings. The monoisotopic (exact) mass is 449 g/mol. The van der Waals surface area contributed by atoms with Crippen LogP contribution in [0.25, 0.3) is 11.0 Å². The number of ether oxygens (including phenoxy) is 1. The van der Waals surface area contributed by atoms with Crippen molar-refractivity contribution >= 4 is 23.2 Å². The van der Waals surface area contributed by atoms with Crippen molar-refractivity contribution < 1.29 is 19.4 Å². The van der Waals surface area contributed by atoms with E-state index in [1.807, 2.05) is 44.5 Å². The predicted molar refractivity (Wildman–Crippen MR) is 124 cm³/mol. The topological polar surface area (TPSA) is 101 Å². The molecule has 1 aliphatic heterocycles. The van der Waals surface area contributed by atoms with Crippen LogP contribution in [0.2, 0.25) is 0 Å². The third kappa shape index (κ3) is 4.08. The number of aldehydes is 1. The number of pyridine rings is 1. The molecule has 2 N–H and O–H groups in total. The second-order valence-electron chi connectivity index (χ2n) is 8.11. The Balaban J connectivity index is 0.000000821. The Labute approximate surface area is 191 Å². The molecule has 0 radical (unpaired) electrons. The summed E-state index contributed by atoms with van der Waals surface area (Å²) in [6.07, 6.45) is 5.51. The van der Waals surface area contributed by atoms with Gasteiger partial charge >= 0.3 is 0 Å². The fourth-order valence-electron chi connectivity index (χ4n) is 3.97. The first-order valence-corrected chi connectivity index (χ1v) is 10.7. The van der Waals surface area contributed by atoms with Gasteiger partial charge in [0.2, 0.25) is 0 Å². The molecule has 0 atom stereocenters. The van der Waals surface area contributed by atoms with Gasteiger partial charge in [-0.05, 0) is 51.2 Å². The third-order valence-corrected chi connectivity index (χ3v) is 5.59. The van der Waals surface area contributed by atoms with E-state index in [0.29, 0.717) is 41.4 Å². The molecule has 1 amide bonds. The zero-order valence-corrected chi connectivity index (χ0v) is 19.1. The average Bonchev–Trinajstić information content (AvgIpc) is 3.27. The van der Waals surface area contributed by atoms with Crippen molar-refractivity contribution in [3.8, 4) is 11.5 Å². The van der Waals surface area contributed by atoms with Crippen LogP contribution in [0.1, 0.15) is 32.0 Å². The maximum atomic E-state index is 12.7. The summed E-state index contributed by atoms with van der Waals surface area (Å²) in [5.74, 6) is 1.07. The molecule has 4 aromatic heterocycles. The molecule has 0 aliphatic carbocycles. The van der Waals surface area contributed by atoms with Crippen molar-refractivity contribution in [2.45, 2.75) is 20.0 Å². The smallest absolute Gasteiger partial charge is 0.255 e. The van der Waals surface area contributed by atoms with Gasteiger partial charge in [-0.25, -0.2) is 4.52 Å². The highest BCUT2D eigenvalue weighted by Gasteiger charge is 2.31. The SMILES string of the molecule is CNC.Cc1cc2cc(Oc3ccnn4cc(C(=O)N5CC(O)C5)c(C)c34)ccn2c1C=O. The number of fused-ring (bicyclic) bond motifs is 2. The molecule has 5 rings (SSSR count). The Kier molecular flexibility index (Phi) is 6.17. The summed E-state index contributed by atoms with van der Waals surface area (Å²) in [6, 6.07) is 7.35. The number of hydrogen-bond donors (Lipinski definition) is 2. The summed E-state index contributed by atoms with van der Waals surface area (Å²) in [7, 11) is 3.75. The van der Waals surface area contributed by atoms with Crippen LogP contribution in [-0.4, -0.2) is 69.5 Å². The van der Waals surface area contributed by atoms with Gasteiger partial charge in [0.1, 0.15) is 11.3 Å². The number of likely N-dealkylation sites (tertiary alicyclic amines) is 1. The van der Waals surface area contributed by atoms with Crippen molar-refractivity contribution in [2.75, 3.05) is 27.2 Å². The quantitative estimate of drug-likeness (QED) is 0.464. The standard InChI is InChI=1S/C22H20N4O4.C2H7N/c1-13-7-15-8-17(4-6-25(15)19(13)12-27)30-20-3-5-23-26-11-18(14(2)21(20)26)22(29)24-9-16(28)10-24;1-3-2/h3-8,11-12,16,28H,9-10H2,1-2H3;3H,1-2H3. The Morgan fingerprint density at radius 1 is 1.24 bits per heavy atom. The molecule has 0 unspecified atom stereocenters. The lowest BCUT2D eigenvalue weighted by Crippen LogP contribution is -2.53. The minimum Gasteiger partial charge on any atom is -0.455 e. The molecule has 5 heterocycles. The Bertz CT molecular complexity index is 1330. The molecule has 0 aromatic carbocycles. The van der Waals surface area contributed by atoms with Crippen LogP contribution in [-0.2, 0) is 0 Å². The Hall–Kier alpha value is -3.69. The highest BCUT2D eigenvalue weighted by molar-refractivity contribution is 5.98. The number of aliphatic hydroxyl groups is 1. The molecule has 172 valence electrons. The van der Waals surface area contributed by atoms with Crippen molar-refractivity contribution in [1.82, 2.24) is 24.2 Å². The van der Waals surface area contributed by atoms with Crippen molar-refractivity contribution in [3.05, 3.63) is 65.2 Å². The predicted octanol–water partition coefficient (Wildman–Crippen LogP) is 2.46. The normalized spacial score (nSPS) is 13.5. The van der Waals surface area contributed by atoms with Gasteiger partial charge in [-0.15, -0.1) is 0 Å². The van der Waals surface area contributed by atoms with Gasteiger partial charge in [0.15, 0.2) is 12.0 Å². The maximum Gasteiger partial charge on any atom is 0.255 e.